The number of carbonyl (C=O) groups is 2. The van der Waals surface area contributed by atoms with E-state index in [4.69, 9.17) is 4.74 Å². The second kappa shape index (κ2) is 11.2. The number of piperidine rings is 3. The van der Waals surface area contributed by atoms with Gasteiger partial charge in [-0.1, -0.05) is 48.5 Å². The largest absolute Gasteiger partial charge is 0.454 e. The molecule has 3 aromatic rings. The van der Waals surface area contributed by atoms with Crippen LogP contribution in [0.2, 0.25) is 0 Å². The fourth-order valence-electron chi connectivity index (χ4n) is 6.65. The third-order valence-electron chi connectivity index (χ3n) is 8.90. The van der Waals surface area contributed by atoms with Gasteiger partial charge < -0.3 is 19.4 Å². The van der Waals surface area contributed by atoms with Gasteiger partial charge in [-0.3, -0.25) is 4.79 Å². The van der Waals surface area contributed by atoms with Crippen LogP contribution >= 0.6 is 0 Å². The van der Waals surface area contributed by atoms with Crippen LogP contribution in [0.15, 0.2) is 84.9 Å². The van der Waals surface area contributed by atoms with Gasteiger partial charge in [0.1, 0.15) is 13.1 Å². The average Bonchev–Trinajstić information content (AvgIpc) is 3.53. The van der Waals surface area contributed by atoms with E-state index >= 15 is 0 Å². The molecule has 2 unspecified atom stereocenters. The molecule has 4 fully saturated rings. The third kappa shape index (κ3) is 5.71. The fraction of sp³-hybridized carbons (Fsp3) is 0.394. The van der Waals surface area contributed by atoms with Crippen molar-refractivity contribution in [1.82, 2.24) is 0 Å². The molecular weight excluding hydrogens is 486 g/mol. The van der Waals surface area contributed by atoms with E-state index in [1.165, 1.54) is 18.5 Å². The van der Waals surface area contributed by atoms with Crippen molar-refractivity contribution in [3.8, 4) is 0 Å². The number of anilines is 2. The van der Waals surface area contributed by atoms with Gasteiger partial charge in [-0.25, -0.2) is 4.79 Å². The number of quaternary nitrogens is 1. The summed E-state index contributed by atoms with van der Waals surface area (Å²) in [4.78, 5) is 29.4. The first kappa shape index (κ1) is 25.6. The molecule has 4 heterocycles. The van der Waals surface area contributed by atoms with Gasteiger partial charge in [0, 0.05) is 48.8 Å². The number of ketones is 1. The molecule has 202 valence electrons. The number of hydrogen-bond donors (Lipinski definition) is 1. The van der Waals surface area contributed by atoms with Gasteiger partial charge in [-0.15, -0.1) is 0 Å². The van der Waals surface area contributed by atoms with E-state index in [1.807, 2.05) is 72.8 Å². The Balaban J connectivity index is 1.13. The molecular formula is C33H38N3O3+. The lowest BCUT2D eigenvalue weighted by molar-refractivity contribution is -0.938. The van der Waals surface area contributed by atoms with Crippen LogP contribution in [0.1, 0.15) is 47.6 Å². The third-order valence-corrected chi connectivity index (χ3v) is 8.90. The normalized spacial score (nSPS) is 24.8. The lowest BCUT2D eigenvalue weighted by atomic mass is 9.82. The van der Waals surface area contributed by atoms with Crippen molar-refractivity contribution in [3.63, 3.8) is 0 Å². The first-order chi connectivity index (χ1) is 19.1. The Hall–Kier alpha value is -3.64. The SMILES string of the molecule is O=C(C[N+]12CCC(CC1)C(OC(=O)C(Nc1ccccc1)c1ccccc1)C2)c1ccc(N2CCCC2)cc1. The second-order valence-corrected chi connectivity index (χ2v) is 11.5. The molecule has 0 saturated carbocycles. The van der Waals surface area contributed by atoms with Crippen LogP contribution in [-0.4, -0.2) is 61.6 Å². The molecule has 4 aliphatic rings. The Bertz CT molecular complexity index is 1260. The zero-order valence-corrected chi connectivity index (χ0v) is 22.5. The lowest BCUT2D eigenvalue weighted by Crippen LogP contribution is -2.65. The highest BCUT2D eigenvalue weighted by atomic mass is 16.5. The summed E-state index contributed by atoms with van der Waals surface area (Å²) in [7, 11) is 0. The fourth-order valence-corrected chi connectivity index (χ4v) is 6.65. The maximum Gasteiger partial charge on any atom is 0.333 e. The van der Waals surface area contributed by atoms with Crippen LogP contribution in [0.4, 0.5) is 11.4 Å². The number of ether oxygens (including phenoxy) is 1. The Morgan fingerprint density at radius 1 is 0.872 bits per heavy atom. The van der Waals surface area contributed by atoms with Gasteiger partial charge in [-0.05, 0) is 54.8 Å². The molecule has 39 heavy (non-hydrogen) atoms. The number of Topliss-reactive ketones (excluding diaryl/α,β-unsaturated/α-hetero) is 1. The van der Waals surface area contributed by atoms with Crippen LogP contribution < -0.4 is 10.2 Å². The van der Waals surface area contributed by atoms with E-state index < -0.39 is 6.04 Å². The minimum absolute atomic E-state index is 0.172. The molecule has 1 N–H and O–H groups in total. The lowest BCUT2D eigenvalue weighted by Gasteiger charge is -2.51. The first-order valence-corrected chi connectivity index (χ1v) is 14.4. The summed E-state index contributed by atoms with van der Waals surface area (Å²) in [6.45, 7) is 5.32. The van der Waals surface area contributed by atoms with Crippen LogP contribution in [0.3, 0.4) is 0 Å². The smallest absolute Gasteiger partial charge is 0.333 e. The van der Waals surface area contributed by atoms with E-state index in [2.05, 4.69) is 22.3 Å². The number of carbonyl (C=O) groups excluding carboxylic acids is 2. The minimum atomic E-state index is -0.590. The highest BCUT2D eigenvalue weighted by Crippen LogP contribution is 2.37. The van der Waals surface area contributed by atoms with E-state index in [9.17, 15) is 9.59 Å². The summed E-state index contributed by atoms with van der Waals surface area (Å²) >= 11 is 0. The molecule has 6 nitrogen and oxygen atoms in total. The predicted molar refractivity (Wildman–Crippen MR) is 154 cm³/mol. The highest BCUT2D eigenvalue weighted by Gasteiger charge is 2.49. The van der Waals surface area contributed by atoms with Gasteiger partial charge in [-0.2, -0.15) is 0 Å². The molecule has 4 saturated heterocycles. The molecule has 0 spiro atoms. The standard InChI is InChI=1S/C33H38N3O3/c37-30(25-13-15-29(16-14-25)35-19-7-8-20-35)23-36-21-17-26(18-22-36)31(24-36)39-33(38)32(27-9-3-1-4-10-27)34-28-11-5-2-6-12-28/h1-6,9-16,26,31-32,34H,7-8,17-24H2/q+1. The van der Waals surface area contributed by atoms with Crippen molar-refractivity contribution in [2.24, 2.45) is 5.92 Å². The number of fused-ring (bicyclic) bond motifs is 3. The molecule has 4 aliphatic heterocycles. The molecule has 2 atom stereocenters. The molecule has 6 heteroatoms. The maximum absolute atomic E-state index is 13.6. The Morgan fingerprint density at radius 2 is 1.51 bits per heavy atom. The number of nitrogens with one attached hydrogen (secondary N) is 1. The molecule has 3 aromatic carbocycles. The molecule has 7 rings (SSSR count). The van der Waals surface area contributed by atoms with Crippen molar-refractivity contribution in [3.05, 3.63) is 96.1 Å². The van der Waals surface area contributed by atoms with Crippen LogP contribution in [-0.2, 0) is 9.53 Å². The van der Waals surface area contributed by atoms with E-state index in [-0.39, 0.29) is 17.9 Å². The maximum atomic E-state index is 13.6. The number of rotatable bonds is 9. The van der Waals surface area contributed by atoms with Crippen LogP contribution in [0, 0.1) is 5.92 Å². The quantitative estimate of drug-likeness (QED) is 0.228. The molecule has 2 bridgehead atoms. The topological polar surface area (TPSA) is 58.6 Å². The first-order valence-electron chi connectivity index (χ1n) is 14.4. The van der Waals surface area contributed by atoms with E-state index in [0.29, 0.717) is 23.5 Å². The predicted octanol–water partition coefficient (Wildman–Crippen LogP) is 5.48. The monoisotopic (exact) mass is 524 g/mol. The number of nitrogens with zero attached hydrogens (tertiary/aromatic N) is 2. The van der Waals surface area contributed by atoms with Gasteiger partial charge in [0.15, 0.2) is 12.1 Å². The Kier molecular flexibility index (Phi) is 7.38. The average molecular weight is 525 g/mol. The van der Waals surface area contributed by atoms with Crippen molar-refractivity contribution in [2.75, 3.05) is 49.5 Å². The highest BCUT2D eigenvalue weighted by molar-refractivity contribution is 5.97. The van der Waals surface area contributed by atoms with Gasteiger partial charge in [0.05, 0.1) is 13.1 Å². The van der Waals surface area contributed by atoms with Crippen molar-refractivity contribution in [1.29, 1.82) is 0 Å². The second-order valence-electron chi connectivity index (χ2n) is 11.5. The number of benzene rings is 3. The van der Waals surface area contributed by atoms with E-state index in [1.54, 1.807) is 0 Å². The molecule has 0 aliphatic carbocycles. The zero-order chi connectivity index (χ0) is 26.7. The Labute approximate surface area is 231 Å². The summed E-state index contributed by atoms with van der Waals surface area (Å²) in [5.41, 5.74) is 3.74. The number of hydrogen-bond acceptors (Lipinski definition) is 5. The molecule has 0 amide bonds. The van der Waals surface area contributed by atoms with Gasteiger partial charge in [0.25, 0.3) is 0 Å². The molecule has 0 aromatic heterocycles. The summed E-state index contributed by atoms with van der Waals surface area (Å²) in [5, 5.41) is 3.38. The van der Waals surface area contributed by atoms with Crippen molar-refractivity contribution in [2.45, 2.75) is 37.8 Å². The van der Waals surface area contributed by atoms with Gasteiger partial charge >= 0.3 is 5.97 Å². The van der Waals surface area contributed by atoms with Crippen LogP contribution in [0.25, 0.3) is 0 Å². The van der Waals surface area contributed by atoms with Crippen molar-refractivity contribution < 1.29 is 18.8 Å². The van der Waals surface area contributed by atoms with Gasteiger partial charge in [0.2, 0.25) is 5.78 Å². The van der Waals surface area contributed by atoms with Crippen molar-refractivity contribution >= 4 is 23.1 Å². The summed E-state index contributed by atoms with van der Waals surface area (Å²) in [5.74, 6) is 0.282. The Morgan fingerprint density at radius 3 is 2.18 bits per heavy atom. The number of para-hydroxylation sites is 1. The summed E-state index contributed by atoms with van der Waals surface area (Å²) < 4.78 is 6.98. The number of esters is 1. The molecule has 0 radical (unpaired) electrons. The minimum Gasteiger partial charge on any atom is -0.454 e. The summed E-state index contributed by atoms with van der Waals surface area (Å²) in [6.07, 6.45) is 4.28. The van der Waals surface area contributed by atoms with E-state index in [0.717, 1.165) is 55.8 Å². The zero-order valence-electron chi connectivity index (χ0n) is 22.5. The van der Waals surface area contributed by atoms with Crippen LogP contribution in [0.5, 0.6) is 0 Å². The summed E-state index contributed by atoms with van der Waals surface area (Å²) in [6, 6.07) is 27.1.